The van der Waals surface area contributed by atoms with E-state index in [-0.39, 0.29) is 29.5 Å². The number of nitrogens with zero attached hydrogens (tertiary/aromatic N) is 1. The van der Waals surface area contributed by atoms with Crippen LogP contribution in [0.3, 0.4) is 0 Å². The normalized spacial score (nSPS) is 10.2. The second-order valence-electron chi connectivity index (χ2n) is 3.78. The van der Waals surface area contributed by atoms with Crippen LogP contribution in [0.5, 0.6) is 5.75 Å². The number of phenols is 1. The minimum Gasteiger partial charge on any atom is -0.506 e. The van der Waals surface area contributed by atoms with Crippen molar-refractivity contribution in [2.24, 2.45) is 0 Å². The van der Waals surface area contributed by atoms with Crippen LogP contribution in [0.4, 0.5) is 0 Å². The standard InChI is InChI=1S/C12H14ClNO5/c1-19-5-4-14(7-11(16)17)12(18)8-2-3-10(15)9(13)6-8/h2-3,6,15H,4-5,7H2,1H3,(H,16,17). The van der Waals surface area contributed by atoms with Crippen molar-refractivity contribution in [2.45, 2.75) is 0 Å². The number of halogens is 1. The zero-order valence-corrected chi connectivity index (χ0v) is 11.1. The molecule has 0 heterocycles. The largest absolute Gasteiger partial charge is 0.506 e. The number of ether oxygens (including phenoxy) is 1. The van der Waals surface area contributed by atoms with E-state index in [1.165, 1.54) is 25.3 Å². The average molecular weight is 288 g/mol. The molecule has 0 saturated carbocycles. The Balaban J connectivity index is 2.90. The summed E-state index contributed by atoms with van der Waals surface area (Å²) in [7, 11) is 1.46. The molecule has 19 heavy (non-hydrogen) atoms. The van der Waals surface area contributed by atoms with Crippen molar-refractivity contribution >= 4 is 23.5 Å². The minimum absolute atomic E-state index is 0.0351. The molecule has 0 atom stereocenters. The number of rotatable bonds is 6. The minimum atomic E-state index is -1.12. The van der Waals surface area contributed by atoms with Crippen LogP contribution in [0, 0.1) is 0 Å². The smallest absolute Gasteiger partial charge is 0.323 e. The number of amides is 1. The lowest BCUT2D eigenvalue weighted by Crippen LogP contribution is -2.38. The fourth-order valence-electron chi connectivity index (χ4n) is 1.44. The van der Waals surface area contributed by atoms with Gasteiger partial charge in [-0.15, -0.1) is 0 Å². The Kier molecular flexibility index (Phi) is 5.59. The molecule has 104 valence electrons. The topological polar surface area (TPSA) is 87.1 Å². The van der Waals surface area contributed by atoms with Gasteiger partial charge < -0.3 is 19.8 Å². The monoisotopic (exact) mass is 287 g/mol. The lowest BCUT2D eigenvalue weighted by atomic mass is 10.2. The second-order valence-corrected chi connectivity index (χ2v) is 4.19. The first kappa shape index (κ1) is 15.3. The van der Waals surface area contributed by atoms with Gasteiger partial charge in [0, 0.05) is 19.2 Å². The number of hydrogen-bond acceptors (Lipinski definition) is 4. The predicted octanol–water partition coefficient (Wildman–Crippen LogP) is 1.22. The Labute approximate surface area is 115 Å². The summed E-state index contributed by atoms with van der Waals surface area (Å²) in [4.78, 5) is 24.0. The molecule has 7 heteroatoms. The molecule has 0 radical (unpaired) electrons. The number of methoxy groups -OCH3 is 1. The van der Waals surface area contributed by atoms with Gasteiger partial charge in [-0.05, 0) is 18.2 Å². The van der Waals surface area contributed by atoms with Crippen LogP contribution in [-0.4, -0.2) is 53.8 Å². The van der Waals surface area contributed by atoms with E-state index in [0.717, 1.165) is 4.90 Å². The van der Waals surface area contributed by atoms with Crippen LogP contribution in [0.25, 0.3) is 0 Å². The third kappa shape index (κ3) is 4.42. The number of benzene rings is 1. The Bertz CT molecular complexity index is 477. The lowest BCUT2D eigenvalue weighted by Gasteiger charge is -2.20. The lowest BCUT2D eigenvalue weighted by molar-refractivity contribution is -0.137. The van der Waals surface area contributed by atoms with Crippen LogP contribution < -0.4 is 0 Å². The van der Waals surface area contributed by atoms with Crippen LogP contribution in [0.15, 0.2) is 18.2 Å². The molecular weight excluding hydrogens is 274 g/mol. The summed E-state index contributed by atoms with van der Waals surface area (Å²) in [6.45, 7) is -0.0499. The summed E-state index contributed by atoms with van der Waals surface area (Å²) in [5, 5.41) is 18.1. The van der Waals surface area contributed by atoms with Gasteiger partial charge in [0.25, 0.3) is 5.91 Å². The third-order valence-corrected chi connectivity index (χ3v) is 2.68. The number of aromatic hydroxyl groups is 1. The molecule has 0 aliphatic heterocycles. The maximum absolute atomic E-state index is 12.1. The number of carboxylic acids is 1. The van der Waals surface area contributed by atoms with Crippen molar-refractivity contribution in [2.75, 3.05) is 26.8 Å². The van der Waals surface area contributed by atoms with Gasteiger partial charge in [0.1, 0.15) is 12.3 Å². The summed E-state index contributed by atoms with van der Waals surface area (Å²) in [6, 6.07) is 3.96. The molecule has 1 rings (SSSR count). The summed E-state index contributed by atoms with van der Waals surface area (Å²) in [6.07, 6.45) is 0. The van der Waals surface area contributed by atoms with Crippen LogP contribution in [0.2, 0.25) is 5.02 Å². The first-order chi connectivity index (χ1) is 8.95. The molecular formula is C12H14ClNO5. The number of phenolic OH excluding ortho intramolecular Hbond substituents is 1. The number of carbonyl (C=O) groups is 2. The number of hydrogen-bond donors (Lipinski definition) is 2. The average Bonchev–Trinajstić information content (AvgIpc) is 2.36. The van der Waals surface area contributed by atoms with Gasteiger partial charge in [-0.25, -0.2) is 0 Å². The molecule has 0 aliphatic rings. The highest BCUT2D eigenvalue weighted by Gasteiger charge is 2.19. The van der Waals surface area contributed by atoms with Crippen molar-refractivity contribution in [1.29, 1.82) is 0 Å². The SMILES string of the molecule is COCCN(CC(=O)O)C(=O)c1ccc(O)c(Cl)c1. The molecule has 1 aromatic carbocycles. The maximum Gasteiger partial charge on any atom is 0.323 e. The fraction of sp³-hybridized carbons (Fsp3) is 0.333. The molecule has 0 spiro atoms. The molecule has 0 unspecified atom stereocenters. The molecule has 0 bridgehead atoms. The summed E-state index contributed by atoms with van der Waals surface area (Å²) >= 11 is 5.71. The van der Waals surface area contributed by atoms with E-state index in [0.29, 0.717) is 0 Å². The van der Waals surface area contributed by atoms with Gasteiger partial charge in [-0.3, -0.25) is 9.59 Å². The van der Waals surface area contributed by atoms with Gasteiger partial charge in [0.05, 0.1) is 11.6 Å². The highest BCUT2D eigenvalue weighted by Crippen LogP contribution is 2.24. The first-order valence-electron chi connectivity index (χ1n) is 5.44. The summed E-state index contributed by atoms with van der Waals surface area (Å²) in [5.41, 5.74) is 0.208. The maximum atomic E-state index is 12.1. The molecule has 0 aromatic heterocycles. The van der Waals surface area contributed by atoms with Crippen LogP contribution >= 0.6 is 11.6 Å². The van der Waals surface area contributed by atoms with E-state index in [9.17, 15) is 14.7 Å². The molecule has 0 saturated heterocycles. The highest BCUT2D eigenvalue weighted by atomic mass is 35.5. The Morgan fingerprint density at radius 1 is 1.42 bits per heavy atom. The predicted molar refractivity (Wildman–Crippen MR) is 68.5 cm³/mol. The Hall–Kier alpha value is -1.79. The van der Waals surface area contributed by atoms with E-state index >= 15 is 0 Å². The summed E-state index contributed by atoms with van der Waals surface area (Å²) in [5.74, 6) is -1.74. The van der Waals surface area contributed by atoms with Gasteiger partial charge in [0.15, 0.2) is 0 Å². The van der Waals surface area contributed by atoms with Crippen molar-refractivity contribution in [3.63, 3.8) is 0 Å². The van der Waals surface area contributed by atoms with E-state index in [1.807, 2.05) is 0 Å². The summed E-state index contributed by atoms with van der Waals surface area (Å²) < 4.78 is 4.83. The van der Waals surface area contributed by atoms with E-state index in [1.54, 1.807) is 0 Å². The quantitative estimate of drug-likeness (QED) is 0.821. The van der Waals surface area contributed by atoms with Gasteiger partial charge in [-0.2, -0.15) is 0 Å². The Morgan fingerprint density at radius 2 is 2.11 bits per heavy atom. The van der Waals surface area contributed by atoms with Crippen molar-refractivity contribution in [1.82, 2.24) is 4.90 Å². The second kappa shape index (κ2) is 6.96. The number of carbonyl (C=O) groups excluding carboxylic acids is 1. The van der Waals surface area contributed by atoms with Gasteiger partial charge in [-0.1, -0.05) is 11.6 Å². The fourth-order valence-corrected chi connectivity index (χ4v) is 1.62. The number of carboxylic acid groups (broad SMARTS) is 1. The van der Waals surface area contributed by atoms with Crippen LogP contribution in [0.1, 0.15) is 10.4 Å². The van der Waals surface area contributed by atoms with E-state index in [2.05, 4.69) is 0 Å². The van der Waals surface area contributed by atoms with Crippen molar-refractivity contribution in [3.8, 4) is 5.75 Å². The van der Waals surface area contributed by atoms with Crippen LogP contribution in [-0.2, 0) is 9.53 Å². The molecule has 6 nitrogen and oxygen atoms in total. The first-order valence-corrected chi connectivity index (χ1v) is 5.82. The molecule has 0 aliphatic carbocycles. The molecule has 2 N–H and O–H groups in total. The van der Waals surface area contributed by atoms with Gasteiger partial charge >= 0.3 is 5.97 Å². The number of aliphatic carboxylic acids is 1. The molecule has 1 aromatic rings. The third-order valence-electron chi connectivity index (χ3n) is 2.37. The Morgan fingerprint density at radius 3 is 2.63 bits per heavy atom. The van der Waals surface area contributed by atoms with Gasteiger partial charge in [0.2, 0.25) is 0 Å². The van der Waals surface area contributed by atoms with Crippen molar-refractivity contribution < 1.29 is 24.5 Å². The van der Waals surface area contributed by atoms with Crippen molar-refractivity contribution in [3.05, 3.63) is 28.8 Å². The van der Waals surface area contributed by atoms with E-state index < -0.39 is 18.4 Å². The molecule has 1 amide bonds. The zero-order valence-electron chi connectivity index (χ0n) is 10.3. The van der Waals surface area contributed by atoms with E-state index in [4.69, 9.17) is 21.4 Å². The zero-order chi connectivity index (χ0) is 14.4. The molecule has 0 fully saturated rings. The highest BCUT2D eigenvalue weighted by molar-refractivity contribution is 6.32.